The van der Waals surface area contributed by atoms with Gasteiger partial charge < -0.3 is 19.9 Å². The smallest absolute Gasteiger partial charge is 0.413 e. The maximum absolute atomic E-state index is 13.4. The monoisotopic (exact) mass is 594 g/mol. The van der Waals surface area contributed by atoms with Crippen LogP contribution in [-0.2, 0) is 28.7 Å². The molecule has 0 saturated carbocycles. The number of allylic oxidation sites excluding steroid dienone is 1. The lowest BCUT2D eigenvalue weighted by molar-refractivity contribution is -0.150. The lowest BCUT2D eigenvalue weighted by atomic mass is 10.0. The van der Waals surface area contributed by atoms with E-state index in [1.54, 1.807) is 32.2 Å². The van der Waals surface area contributed by atoms with Crippen molar-refractivity contribution >= 4 is 63.6 Å². The number of carbonyl (C=O) groups is 5. The summed E-state index contributed by atoms with van der Waals surface area (Å²) in [6.45, 7) is 8.28. The lowest BCUT2D eigenvalue weighted by Gasteiger charge is -2.49. The molecule has 0 radical (unpaired) electrons. The summed E-state index contributed by atoms with van der Waals surface area (Å²) in [5.74, 6) is -2.75. The van der Waals surface area contributed by atoms with Crippen LogP contribution in [0.25, 0.3) is 5.57 Å². The average molecular weight is 595 g/mol. The normalized spacial score (nSPS) is 19.0. The number of fused-ring (bicyclic) bond motifs is 1. The molecule has 0 aromatic carbocycles. The van der Waals surface area contributed by atoms with Crippen LogP contribution in [0.4, 0.5) is 9.93 Å². The lowest BCUT2D eigenvalue weighted by Crippen LogP contribution is -2.70. The number of β-lactam (4-membered cyclic amide) rings is 1. The molecule has 1 saturated heterocycles. The Morgan fingerprint density at radius 1 is 1.25 bits per heavy atom. The number of esters is 1. The molecule has 3 heterocycles. The highest BCUT2D eigenvalue weighted by atomic mass is 32.2. The minimum absolute atomic E-state index is 0.223. The molecule has 218 valence electrons. The average Bonchev–Trinajstić information content (AvgIpc) is 3.31. The van der Waals surface area contributed by atoms with Crippen molar-refractivity contribution in [2.45, 2.75) is 77.3 Å². The number of anilines is 1. The van der Waals surface area contributed by atoms with Gasteiger partial charge in [0.15, 0.2) is 5.13 Å². The van der Waals surface area contributed by atoms with Crippen LogP contribution in [0.1, 0.15) is 66.0 Å². The fraction of sp³-hybridized carbons (Fsp3) is 0.538. The molecule has 2 atom stereocenters. The molecular formula is C26H34N4O8S2. The van der Waals surface area contributed by atoms with Gasteiger partial charge in [0, 0.05) is 23.6 Å². The fourth-order valence-corrected chi connectivity index (χ4v) is 6.03. The number of carbonyl (C=O) groups excluding carboxylic acids is 4. The maximum Gasteiger partial charge on any atom is 0.413 e. The van der Waals surface area contributed by atoms with Crippen LogP contribution in [0.5, 0.6) is 0 Å². The second kappa shape index (κ2) is 13.3. The zero-order valence-corrected chi connectivity index (χ0v) is 24.7. The highest BCUT2D eigenvalue weighted by Gasteiger charge is 2.54. The van der Waals surface area contributed by atoms with Gasteiger partial charge in [0.2, 0.25) is 0 Å². The second-order valence-electron chi connectivity index (χ2n) is 10.2. The molecule has 3 N–H and O–H groups in total. The number of thioether (sulfide) groups is 1. The first-order valence-corrected chi connectivity index (χ1v) is 14.8. The van der Waals surface area contributed by atoms with Gasteiger partial charge in [-0.2, -0.15) is 0 Å². The number of nitrogens with one attached hydrogen (secondary N) is 2. The van der Waals surface area contributed by atoms with Gasteiger partial charge in [-0.15, -0.1) is 23.1 Å². The Hall–Kier alpha value is -3.39. The van der Waals surface area contributed by atoms with Crippen LogP contribution in [0.2, 0.25) is 0 Å². The van der Waals surface area contributed by atoms with E-state index < -0.39 is 46.9 Å². The van der Waals surface area contributed by atoms with Gasteiger partial charge in [0.05, 0.1) is 11.3 Å². The molecule has 3 amide bonds. The zero-order chi connectivity index (χ0) is 29.6. The minimum Gasteiger partial charge on any atom is -0.477 e. The third-order valence-electron chi connectivity index (χ3n) is 5.77. The van der Waals surface area contributed by atoms with E-state index in [0.717, 1.165) is 35.5 Å². The van der Waals surface area contributed by atoms with E-state index in [1.807, 2.05) is 0 Å². The van der Waals surface area contributed by atoms with Gasteiger partial charge in [0.25, 0.3) is 11.8 Å². The van der Waals surface area contributed by atoms with Crippen LogP contribution in [0.3, 0.4) is 0 Å². The molecule has 12 nitrogen and oxygen atoms in total. The van der Waals surface area contributed by atoms with E-state index in [2.05, 4.69) is 22.5 Å². The first kappa shape index (κ1) is 31.1. The number of carboxylic acids is 1. The summed E-state index contributed by atoms with van der Waals surface area (Å²) >= 11 is 2.41. The zero-order valence-electron chi connectivity index (χ0n) is 23.1. The van der Waals surface area contributed by atoms with E-state index in [9.17, 15) is 29.1 Å². The predicted octanol–water partition coefficient (Wildman–Crippen LogP) is 3.76. The van der Waals surface area contributed by atoms with Gasteiger partial charge in [0.1, 0.15) is 29.3 Å². The molecule has 2 aliphatic rings. The molecule has 2 aliphatic heterocycles. The third-order valence-corrected chi connectivity index (χ3v) is 7.87. The van der Waals surface area contributed by atoms with E-state index in [1.165, 1.54) is 18.7 Å². The molecule has 0 spiro atoms. The van der Waals surface area contributed by atoms with Crippen molar-refractivity contribution in [2.75, 3.05) is 17.7 Å². The number of hydrogen-bond acceptors (Lipinski definition) is 10. The minimum atomic E-state index is -1.31. The summed E-state index contributed by atoms with van der Waals surface area (Å²) < 4.78 is 10.2. The fourth-order valence-electron chi connectivity index (χ4n) is 4.00. The summed E-state index contributed by atoms with van der Waals surface area (Å²) in [6, 6.07) is -0.945. The molecule has 40 heavy (non-hydrogen) atoms. The summed E-state index contributed by atoms with van der Waals surface area (Å²) in [5, 5.41) is 16.3. The van der Waals surface area contributed by atoms with Crippen molar-refractivity contribution < 1.29 is 38.6 Å². The largest absolute Gasteiger partial charge is 0.477 e. The molecule has 0 aliphatic carbocycles. The summed E-state index contributed by atoms with van der Waals surface area (Å²) in [5.41, 5.74) is -0.0220. The highest BCUT2D eigenvalue weighted by molar-refractivity contribution is 8.00. The Balaban J connectivity index is 1.76. The molecule has 1 aromatic rings. The SMILES string of the molecule is CCCCCC=C(C(=O)NC1C(=O)N2C(C(=O)O)=C(COC(C)=O)CS[C@@H]12)c1csc(NC(=O)OC(C)(C)C)n1. The van der Waals surface area contributed by atoms with E-state index in [4.69, 9.17) is 9.47 Å². The van der Waals surface area contributed by atoms with Crippen molar-refractivity contribution in [3.8, 4) is 0 Å². The number of aromatic nitrogens is 1. The van der Waals surface area contributed by atoms with Gasteiger partial charge in [-0.25, -0.2) is 14.6 Å². The summed E-state index contributed by atoms with van der Waals surface area (Å²) in [7, 11) is 0. The number of rotatable bonds is 11. The van der Waals surface area contributed by atoms with Crippen LogP contribution in [0, 0.1) is 0 Å². The van der Waals surface area contributed by atoms with Crippen molar-refractivity contribution in [3.05, 3.63) is 28.4 Å². The predicted molar refractivity (Wildman–Crippen MR) is 150 cm³/mol. The molecule has 1 fully saturated rings. The second-order valence-corrected chi connectivity index (χ2v) is 12.1. The number of thiazole rings is 1. The van der Waals surface area contributed by atoms with Crippen LogP contribution < -0.4 is 10.6 Å². The molecule has 14 heteroatoms. The molecular weight excluding hydrogens is 560 g/mol. The summed E-state index contributed by atoms with van der Waals surface area (Å²) in [6.07, 6.45) is 4.52. The number of ether oxygens (including phenoxy) is 2. The van der Waals surface area contributed by atoms with Gasteiger partial charge in [-0.1, -0.05) is 25.8 Å². The first-order valence-electron chi connectivity index (χ1n) is 12.8. The van der Waals surface area contributed by atoms with Crippen molar-refractivity contribution in [3.63, 3.8) is 0 Å². The number of amides is 3. The Morgan fingerprint density at radius 2 is 1.98 bits per heavy atom. The Kier molecular flexibility index (Phi) is 10.4. The number of unbranched alkanes of at least 4 members (excludes halogenated alkanes) is 3. The molecule has 0 bridgehead atoms. The molecule has 3 rings (SSSR count). The number of carboxylic acid groups (broad SMARTS) is 1. The van der Waals surface area contributed by atoms with Crippen molar-refractivity contribution in [2.24, 2.45) is 0 Å². The Labute approximate surface area is 240 Å². The number of aliphatic carboxylic acids is 1. The first-order chi connectivity index (χ1) is 18.8. The highest BCUT2D eigenvalue weighted by Crippen LogP contribution is 2.40. The Morgan fingerprint density at radius 3 is 2.60 bits per heavy atom. The van der Waals surface area contributed by atoms with Crippen LogP contribution in [0.15, 0.2) is 22.7 Å². The number of nitrogens with zero attached hydrogens (tertiary/aromatic N) is 2. The number of hydrogen-bond donors (Lipinski definition) is 3. The van der Waals surface area contributed by atoms with E-state index in [0.29, 0.717) is 17.7 Å². The standard InChI is InChI=1S/C26H34N4O8S2/c1-6-7-8-9-10-16(17-13-40-24(27-17)29-25(36)38-26(3,4)5)20(32)28-18-21(33)30-19(23(34)35)15(11-37-14(2)31)12-39-22(18)30/h10,13,18,22H,6-9,11-12H2,1-5H3,(H,28,32)(H,34,35)(H,27,29,36)/t18?,22-/m0/s1. The van der Waals surface area contributed by atoms with Crippen LogP contribution >= 0.6 is 23.1 Å². The van der Waals surface area contributed by atoms with Gasteiger partial charge in [-0.05, 0) is 33.6 Å². The summed E-state index contributed by atoms with van der Waals surface area (Å²) in [4.78, 5) is 67.2. The third kappa shape index (κ3) is 7.84. The van der Waals surface area contributed by atoms with E-state index in [-0.39, 0.29) is 28.8 Å². The maximum atomic E-state index is 13.4. The molecule has 1 unspecified atom stereocenters. The van der Waals surface area contributed by atoms with E-state index >= 15 is 0 Å². The quantitative estimate of drug-likeness (QED) is 0.149. The van der Waals surface area contributed by atoms with Crippen LogP contribution in [-0.4, -0.2) is 74.2 Å². The van der Waals surface area contributed by atoms with Crippen molar-refractivity contribution in [1.29, 1.82) is 0 Å². The Bertz CT molecular complexity index is 1230. The molecule has 1 aromatic heterocycles. The van der Waals surface area contributed by atoms with Gasteiger partial charge in [-0.3, -0.25) is 24.6 Å². The van der Waals surface area contributed by atoms with Crippen molar-refractivity contribution in [1.82, 2.24) is 15.2 Å². The topological polar surface area (TPSA) is 164 Å². The van der Waals surface area contributed by atoms with Gasteiger partial charge >= 0.3 is 18.0 Å².